The molecule has 0 saturated heterocycles. The van der Waals surface area contributed by atoms with Crippen LogP contribution >= 0.6 is 0 Å². The zero-order valence-electron chi connectivity index (χ0n) is 14.8. The van der Waals surface area contributed by atoms with E-state index in [0.29, 0.717) is 17.8 Å². The first-order valence-electron chi connectivity index (χ1n) is 8.61. The van der Waals surface area contributed by atoms with E-state index in [9.17, 15) is 4.79 Å². The Labute approximate surface area is 161 Å². The molecule has 2 aromatic carbocycles. The highest BCUT2D eigenvalue weighted by Crippen LogP contribution is 2.32. The first-order chi connectivity index (χ1) is 13.7. The Morgan fingerprint density at radius 3 is 2.79 bits per heavy atom. The minimum absolute atomic E-state index is 0.250. The summed E-state index contributed by atoms with van der Waals surface area (Å²) in [6.45, 7) is 0.839. The number of pyridine rings is 1. The molecule has 1 amide bonds. The molecule has 0 spiro atoms. The van der Waals surface area contributed by atoms with Crippen LogP contribution in [0.1, 0.15) is 21.6 Å². The SMILES string of the molecule is N#Cc1cccc(NC(=O)c2ccc(NCc3ccc4c(c3)OCO4)cn2)c1. The van der Waals surface area contributed by atoms with Gasteiger partial charge in [0.25, 0.3) is 5.91 Å². The van der Waals surface area contributed by atoms with Crippen LogP contribution < -0.4 is 20.1 Å². The fourth-order valence-corrected chi connectivity index (χ4v) is 2.75. The molecule has 1 aliphatic rings. The van der Waals surface area contributed by atoms with Gasteiger partial charge in [-0.3, -0.25) is 4.79 Å². The van der Waals surface area contributed by atoms with Gasteiger partial charge < -0.3 is 20.1 Å². The molecule has 4 rings (SSSR count). The van der Waals surface area contributed by atoms with E-state index in [4.69, 9.17) is 14.7 Å². The Morgan fingerprint density at radius 1 is 1.07 bits per heavy atom. The van der Waals surface area contributed by atoms with E-state index in [2.05, 4.69) is 15.6 Å². The van der Waals surface area contributed by atoms with Gasteiger partial charge in [-0.05, 0) is 48.0 Å². The first kappa shape index (κ1) is 17.4. The number of nitrogens with zero attached hydrogens (tertiary/aromatic N) is 2. The van der Waals surface area contributed by atoms with Crippen molar-refractivity contribution in [1.29, 1.82) is 5.26 Å². The van der Waals surface area contributed by atoms with Gasteiger partial charge in [0.1, 0.15) is 5.69 Å². The van der Waals surface area contributed by atoms with Crippen molar-refractivity contribution < 1.29 is 14.3 Å². The average Bonchev–Trinajstić information content (AvgIpc) is 3.20. The van der Waals surface area contributed by atoms with Gasteiger partial charge in [0.2, 0.25) is 6.79 Å². The molecular formula is C21H16N4O3. The van der Waals surface area contributed by atoms with Crippen molar-refractivity contribution >= 4 is 17.3 Å². The molecule has 0 bridgehead atoms. The van der Waals surface area contributed by atoms with Gasteiger partial charge in [-0.25, -0.2) is 4.98 Å². The standard InChI is InChI=1S/C21H16N4O3/c22-10-14-2-1-3-16(8-14)25-21(26)18-6-5-17(12-24-18)23-11-15-4-7-19-20(9-15)28-13-27-19/h1-9,12,23H,11,13H2,(H,25,26). The summed E-state index contributed by atoms with van der Waals surface area (Å²) in [5.41, 5.74) is 3.16. The molecule has 1 aromatic heterocycles. The van der Waals surface area contributed by atoms with Gasteiger partial charge in [-0.2, -0.15) is 5.26 Å². The molecule has 2 N–H and O–H groups in total. The molecule has 0 atom stereocenters. The van der Waals surface area contributed by atoms with Crippen LogP contribution in [0.25, 0.3) is 0 Å². The third kappa shape index (κ3) is 3.86. The maximum atomic E-state index is 12.3. The quantitative estimate of drug-likeness (QED) is 0.711. The Balaban J connectivity index is 1.36. The zero-order chi connectivity index (χ0) is 19.3. The van der Waals surface area contributed by atoms with E-state index in [1.807, 2.05) is 24.3 Å². The molecule has 2 heterocycles. The van der Waals surface area contributed by atoms with Crippen molar-refractivity contribution in [3.8, 4) is 17.6 Å². The van der Waals surface area contributed by atoms with Crippen LogP contribution in [0.4, 0.5) is 11.4 Å². The van der Waals surface area contributed by atoms with Crippen LogP contribution in [-0.2, 0) is 6.54 Å². The third-order valence-electron chi connectivity index (χ3n) is 4.18. The smallest absolute Gasteiger partial charge is 0.274 e. The Morgan fingerprint density at radius 2 is 1.96 bits per heavy atom. The summed E-state index contributed by atoms with van der Waals surface area (Å²) in [7, 11) is 0. The van der Waals surface area contributed by atoms with Crippen molar-refractivity contribution in [3.05, 3.63) is 77.6 Å². The molecule has 7 nitrogen and oxygen atoms in total. The molecule has 138 valence electrons. The Bertz CT molecular complexity index is 1060. The fraction of sp³-hybridized carbons (Fsp3) is 0.0952. The molecule has 0 aliphatic carbocycles. The van der Waals surface area contributed by atoms with E-state index in [-0.39, 0.29) is 18.4 Å². The fourth-order valence-electron chi connectivity index (χ4n) is 2.75. The second kappa shape index (κ2) is 7.68. The lowest BCUT2D eigenvalue weighted by Gasteiger charge is -2.08. The lowest BCUT2D eigenvalue weighted by molar-refractivity contribution is 0.102. The Kier molecular flexibility index (Phi) is 4.76. The van der Waals surface area contributed by atoms with Gasteiger partial charge in [0.15, 0.2) is 11.5 Å². The molecule has 7 heteroatoms. The van der Waals surface area contributed by atoms with Crippen molar-refractivity contribution in [3.63, 3.8) is 0 Å². The molecular weight excluding hydrogens is 356 g/mol. The largest absolute Gasteiger partial charge is 0.454 e. The van der Waals surface area contributed by atoms with E-state index in [1.165, 1.54) is 0 Å². The molecule has 0 saturated carbocycles. The van der Waals surface area contributed by atoms with Crippen molar-refractivity contribution in [2.75, 3.05) is 17.4 Å². The predicted octanol–water partition coefficient (Wildman–Crippen LogP) is 3.55. The van der Waals surface area contributed by atoms with Crippen molar-refractivity contribution in [2.45, 2.75) is 6.54 Å². The van der Waals surface area contributed by atoms with Gasteiger partial charge >= 0.3 is 0 Å². The molecule has 3 aromatic rings. The second-order valence-corrected chi connectivity index (χ2v) is 6.12. The summed E-state index contributed by atoms with van der Waals surface area (Å²) in [5, 5.41) is 14.9. The number of carbonyl (C=O) groups excluding carboxylic acids is 1. The summed E-state index contributed by atoms with van der Waals surface area (Å²) >= 11 is 0. The van der Waals surface area contributed by atoms with Crippen LogP contribution in [0.5, 0.6) is 11.5 Å². The van der Waals surface area contributed by atoms with Gasteiger partial charge in [-0.1, -0.05) is 12.1 Å². The molecule has 1 aliphatic heterocycles. The number of amides is 1. The summed E-state index contributed by atoms with van der Waals surface area (Å²) in [4.78, 5) is 16.5. The van der Waals surface area contributed by atoms with E-state index < -0.39 is 0 Å². The average molecular weight is 372 g/mol. The van der Waals surface area contributed by atoms with Crippen LogP contribution in [-0.4, -0.2) is 17.7 Å². The number of rotatable bonds is 5. The van der Waals surface area contributed by atoms with Gasteiger partial charge in [-0.15, -0.1) is 0 Å². The number of anilines is 2. The zero-order valence-corrected chi connectivity index (χ0v) is 14.8. The number of ether oxygens (including phenoxy) is 2. The van der Waals surface area contributed by atoms with E-state index >= 15 is 0 Å². The lowest BCUT2D eigenvalue weighted by Crippen LogP contribution is -2.13. The minimum atomic E-state index is -0.336. The van der Waals surface area contributed by atoms with Gasteiger partial charge in [0, 0.05) is 12.2 Å². The number of fused-ring (bicyclic) bond motifs is 1. The lowest BCUT2D eigenvalue weighted by atomic mass is 10.2. The summed E-state index contributed by atoms with van der Waals surface area (Å²) in [6.07, 6.45) is 1.60. The second-order valence-electron chi connectivity index (χ2n) is 6.12. The Hall–Kier alpha value is -4.05. The van der Waals surface area contributed by atoms with E-state index in [0.717, 1.165) is 22.7 Å². The number of hydrogen-bond donors (Lipinski definition) is 2. The van der Waals surface area contributed by atoms with Crippen LogP contribution in [0.15, 0.2) is 60.8 Å². The topological polar surface area (TPSA) is 96.3 Å². The van der Waals surface area contributed by atoms with E-state index in [1.54, 1.807) is 42.6 Å². The number of benzene rings is 2. The number of nitriles is 1. The third-order valence-corrected chi connectivity index (χ3v) is 4.18. The monoisotopic (exact) mass is 372 g/mol. The number of carbonyl (C=O) groups is 1. The van der Waals surface area contributed by atoms with Gasteiger partial charge in [0.05, 0.1) is 23.5 Å². The summed E-state index contributed by atoms with van der Waals surface area (Å²) in [5.74, 6) is 1.16. The summed E-state index contributed by atoms with van der Waals surface area (Å²) in [6, 6.07) is 18.0. The summed E-state index contributed by atoms with van der Waals surface area (Å²) < 4.78 is 10.7. The predicted molar refractivity (Wildman–Crippen MR) is 103 cm³/mol. The van der Waals surface area contributed by atoms with Crippen LogP contribution in [0, 0.1) is 11.3 Å². The highest BCUT2D eigenvalue weighted by molar-refractivity contribution is 6.03. The number of hydrogen-bond acceptors (Lipinski definition) is 6. The molecule has 0 radical (unpaired) electrons. The highest BCUT2D eigenvalue weighted by atomic mass is 16.7. The first-order valence-corrected chi connectivity index (χ1v) is 8.61. The van der Waals surface area contributed by atoms with Crippen LogP contribution in [0.3, 0.4) is 0 Å². The maximum absolute atomic E-state index is 12.3. The normalized spacial score (nSPS) is 11.5. The number of aromatic nitrogens is 1. The molecule has 0 fully saturated rings. The van der Waals surface area contributed by atoms with Crippen molar-refractivity contribution in [1.82, 2.24) is 4.98 Å². The molecule has 0 unspecified atom stereocenters. The maximum Gasteiger partial charge on any atom is 0.274 e. The highest BCUT2D eigenvalue weighted by Gasteiger charge is 2.13. The van der Waals surface area contributed by atoms with Crippen LogP contribution in [0.2, 0.25) is 0 Å². The number of nitrogens with one attached hydrogen (secondary N) is 2. The van der Waals surface area contributed by atoms with Crippen molar-refractivity contribution in [2.24, 2.45) is 0 Å². The molecule has 28 heavy (non-hydrogen) atoms. The minimum Gasteiger partial charge on any atom is -0.454 e.